The molecule has 4 aromatic rings. The van der Waals surface area contributed by atoms with E-state index >= 15 is 0 Å². The molecule has 1 fully saturated rings. The van der Waals surface area contributed by atoms with Gasteiger partial charge in [-0.2, -0.15) is 8.61 Å². The number of hydrogen-bond donors (Lipinski definition) is 0. The maximum absolute atomic E-state index is 14.4. The fourth-order valence-electron chi connectivity index (χ4n) is 6.01. The maximum Gasteiger partial charge on any atom is 0.243 e. The summed E-state index contributed by atoms with van der Waals surface area (Å²) in [5.41, 5.74) is 3.69. The summed E-state index contributed by atoms with van der Waals surface area (Å²) < 4.78 is 60.6. The Morgan fingerprint density at radius 1 is 0.587 bits per heavy atom. The molecule has 0 aromatic heterocycles. The van der Waals surface area contributed by atoms with E-state index in [4.69, 9.17) is 0 Å². The molecule has 0 spiro atoms. The van der Waals surface area contributed by atoms with Gasteiger partial charge in [0.1, 0.15) is 0 Å². The Morgan fingerprint density at radius 3 is 1.26 bits per heavy atom. The molecule has 4 aromatic carbocycles. The minimum absolute atomic E-state index is 0.0875. The van der Waals surface area contributed by atoms with Gasteiger partial charge < -0.3 is 4.90 Å². The number of aryl methyl sites for hydroxylation is 2. The van der Waals surface area contributed by atoms with Crippen molar-refractivity contribution in [3.63, 3.8) is 0 Å². The average molecular weight is 660 g/mol. The lowest BCUT2D eigenvalue weighted by molar-refractivity contribution is -0.130. The number of benzene rings is 4. The summed E-state index contributed by atoms with van der Waals surface area (Å²) in [6, 6.07) is 31.2. The van der Waals surface area contributed by atoms with Gasteiger partial charge in [-0.05, 0) is 62.1 Å². The van der Waals surface area contributed by atoms with Crippen LogP contribution in [-0.2, 0) is 37.7 Å². The Hall–Kier alpha value is -3.83. The highest BCUT2D eigenvalue weighted by Gasteiger charge is 2.40. The van der Waals surface area contributed by atoms with Crippen LogP contribution < -0.4 is 0 Å². The highest BCUT2D eigenvalue weighted by molar-refractivity contribution is 7.89. The highest BCUT2D eigenvalue weighted by Crippen LogP contribution is 2.27. The van der Waals surface area contributed by atoms with Gasteiger partial charge in [0.25, 0.3) is 0 Å². The Balaban J connectivity index is 1.65. The predicted molar refractivity (Wildman–Crippen MR) is 180 cm³/mol. The van der Waals surface area contributed by atoms with Crippen molar-refractivity contribution >= 4 is 26.0 Å². The van der Waals surface area contributed by atoms with Gasteiger partial charge in [0.2, 0.25) is 26.0 Å². The fourth-order valence-corrected chi connectivity index (χ4v) is 9.23. The minimum atomic E-state index is -4.09. The molecule has 0 bridgehead atoms. The molecule has 1 amide bonds. The number of carbonyl (C=O) groups excluding carboxylic acids is 1. The lowest BCUT2D eigenvalue weighted by Gasteiger charge is -2.34. The van der Waals surface area contributed by atoms with Crippen LogP contribution in [0.3, 0.4) is 0 Å². The Labute approximate surface area is 273 Å². The van der Waals surface area contributed by atoms with Crippen molar-refractivity contribution in [2.75, 3.05) is 26.2 Å². The number of nitrogens with zero attached hydrogens (tertiary/aromatic N) is 3. The first-order valence-electron chi connectivity index (χ1n) is 15.5. The van der Waals surface area contributed by atoms with Crippen LogP contribution in [-0.4, -0.2) is 74.5 Å². The fraction of sp³-hybridized carbons (Fsp3) is 0.306. The normalized spacial score (nSPS) is 18.8. The monoisotopic (exact) mass is 659 g/mol. The summed E-state index contributed by atoms with van der Waals surface area (Å²) in [6.07, 6.45) is 0.702. The van der Waals surface area contributed by atoms with E-state index in [0.717, 1.165) is 22.3 Å². The van der Waals surface area contributed by atoms with E-state index < -0.39 is 32.1 Å². The third kappa shape index (κ3) is 7.75. The molecule has 5 rings (SSSR count). The lowest BCUT2D eigenvalue weighted by Crippen LogP contribution is -2.50. The van der Waals surface area contributed by atoms with Gasteiger partial charge in [0.15, 0.2) is 0 Å². The molecule has 0 radical (unpaired) electrons. The van der Waals surface area contributed by atoms with Crippen molar-refractivity contribution in [1.82, 2.24) is 13.5 Å². The first-order valence-corrected chi connectivity index (χ1v) is 18.3. The van der Waals surface area contributed by atoms with Crippen LogP contribution in [0.2, 0.25) is 0 Å². The van der Waals surface area contributed by atoms with Crippen molar-refractivity contribution in [1.29, 1.82) is 0 Å². The van der Waals surface area contributed by atoms with E-state index in [2.05, 4.69) is 0 Å². The van der Waals surface area contributed by atoms with Crippen LogP contribution in [0.25, 0.3) is 0 Å². The molecule has 8 nitrogen and oxygen atoms in total. The highest BCUT2D eigenvalue weighted by atomic mass is 32.2. The van der Waals surface area contributed by atoms with E-state index in [9.17, 15) is 21.6 Å². The zero-order chi connectivity index (χ0) is 32.9. The van der Waals surface area contributed by atoms with E-state index in [1.54, 1.807) is 53.4 Å². The van der Waals surface area contributed by atoms with Crippen LogP contribution in [0.15, 0.2) is 119 Å². The predicted octanol–water partition coefficient (Wildman–Crippen LogP) is 5.07. The summed E-state index contributed by atoms with van der Waals surface area (Å²) in [5, 5.41) is 0. The van der Waals surface area contributed by atoms with Gasteiger partial charge in [0, 0.05) is 45.2 Å². The maximum atomic E-state index is 14.4. The molecule has 0 saturated carbocycles. The zero-order valence-electron chi connectivity index (χ0n) is 26.5. The second kappa shape index (κ2) is 14.3. The van der Waals surface area contributed by atoms with E-state index in [1.807, 2.05) is 74.5 Å². The number of amides is 1. The van der Waals surface area contributed by atoms with Gasteiger partial charge in [-0.25, -0.2) is 16.8 Å². The standard InChI is InChI=1S/C36H41N3O5S2/c1-28-14-18-35(19-15-28)45(41,42)38-22-23-39(46(43,44)36-20-16-29(2)17-21-36)34(25-32-12-8-5-9-13-32)27-37(30(3)40)26-33(38)24-31-10-6-4-7-11-31/h4-21,33-34H,22-27H2,1-3H3/t33-,34-/m0/s1. The summed E-state index contributed by atoms with van der Waals surface area (Å²) in [7, 11) is -8.19. The third-order valence-electron chi connectivity index (χ3n) is 8.55. The van der Waals surface area contributed by atoms with Gasteiger partial charge >= 0.3 is 0 Å². The molecule has 10 heteroatoms. The lowest BCUT2D eigenvalue weighted by atomic mass is 10.0. The first kappa shape index (κ1) is 33.5. The van der Waals surface area contributed by atoms with E-state index in [1.165, 1.54) is 15.5 Å². The topological polar surface area (TPSA) is 95.1 Å². The molecular formula is C36H41N3O5S2. The number of rotatable bonds is 8. The average Bonchev–Trinajstić information content (AvgIpc) is 3.11. The molecule has 0 N–H and O–H groups in total. The van der Waals surface area contributed by atoms with Crippen LogP contribution in [0.5, 0.6) is 0 Å². The summed E-state index contributed by atoms with van der Waals surface area (Å²) in [4.78, 5) is 15.1. The molecule has 46 heavy (non-hydrogen) atoms. The van der Waals surface area contributed by atoms with Crippen molar-refractivity contribution in [2.24, 2.45) is 0 Å². The smallest absolute Gasteiger partial charge is 0.243 e. The molecule has 1 saturated heterocycles. The van der Waals surface area contributed by atoms with Gasteiger partial charge in [-0.3, -0.25) is 4.79 Å². The second-order valence-corrected chi connectivity index (χ2v) is 15.7. The van der Waals surface area contributed by atoms with Gasteiger partial charge in [-0.15, -0.1) is 0 Å². The molecule has 0 aliphatic carbocycles. The van der Waals surface area contributed by atoms with Crippen molar-refractivity contribution < 1.29 is 21.6 Å². The van der Waals surface area contributed by atoms with Crippen LogP contribution in [0.4, 0.5) is 0 Å². The van der Waals surface area contributed by atoms with Crippen molar-refractivity contribution in [3.05, 3.63) is 131 Å². The number of sulfonamides is 2. The Morgan fingerprint density at radius 2 is 0.935 bits per heavy atom. The molecule has 2 atom stereocenters. The molecular weight excluding hydrogens is 619 g/mol. The molecule has 1 aliphatic rings. The van der Waals surface area contributed by atoms with Crippen molar-refractivity contribution in [2.45, 2.75) is 55.5 Å². The van der Waals surface area contributed by atoms with Crippen LogP contribution in [0.1, 0.15) is 29.2 Å². The number of carbonyl (C=O) groups is 1. The molecule has 0 unspecified atom stereocenters. The molecule has 1 aliphatic heterocycles. The van der Waals surface area contributed by atoms with Crippen LogP contribution in [0, 0.1) is 13.8 Å². The molecule has 242 valence electrons. The Bertz CT molecular complexity index is 1700. The molecule has 1 heterocycles. The third-order valence-corrected chi connectivity index (χ3v) is 12.5. The second-order valence-electron chi connectivity index (χ2n) is 12.0. The van der Waals surface area contributed by atoms with Crippen LogP contribution >= 0.6 is 0 Å². The van der Waals surface area contributed by atoms with E-state index in [-0.39, 0.29) is 41.9 Å². The quantitative estimate of drug-likeness (QED) is 0.263. The largest absolute Gasteiger partial charge is 0.340 e. The zero-order valence-corrected chi connectivity index (χ0v) is 28.1. The SMILES string of the molecule is CC(=O)N1C[C@H](Cc2ccccc2)N(S(=O)(=O)c2ccc(C)cc2)CCN(S(=O)(=O)c2ccc(C)cc2)[C@@H](Cc2ccccc2)C1. The Kier molecular flexibility index (Phi) is 10.4. The van der Waals surface area contributed by atoms with Gasteiger partial charge in [0.05, 0.1) is 9.79 Å². The van der Waals surface area contributed by atoms with E-state index in [0.29, 0.717) is 12.8 Å². The van der Waals surface area contributed by atoms with Crippen molar-refractivity contribution in [3.8, 4) is 0 Å². The summed E-state index contributed by atoms with van der Waals surface area (Å²) in [5.74, 6) is -0.251. The summed E-state index contributed by atoms with van der Waals surface area (Å²) >= 11 is 0. The van der Waals surface area contributed by atoms with Gasteiger partial charge in [-0.1, -0.05) is 96.1 Å². The first-order chi connectivity index (χ1) is 21.9. The minimum Gasteiger partial charge on any atom is -0.340 e. The summed E-state index contributed by atoms with van der Waals surface area (Å²) in [6.45, 7) is 5.28. The number of hydrogen-bond acceptors (Lipinski definition) is 5.